The molecule has 0 aliphatic carbocycles. The summed E-state index contributed by atoms with van der Waals surface area (Å²) in [5, 5.41) is 22.3. The summed E-state index contributed by atoms with van der Waals surface area (Å²) < 4.78 is 9.29. The summed E-state index contributed by atoms with van der Waals surface area (Å²) in [5.41, 5.74) is 1.77. The van der Waals surface area contributed by atoms with Gasteiger partial charge in [0.15, 0.2) is 6.10 Å². The van der Waals surface area contributed by atoms with E-state index in [1.165, 1.54) is 0 Å². The number of aryl methyl sites for hydroxylation is 2. The lowest BCUT2D eigenvalue weighted by Crippen LogP contribution is -2.27. The minimum absolute atomic E-state index is 0.126. The van der Waals surface area contributed by atoms with Crippen molar-refractivity contribution in [3.63, 3.8) is 0 Å². The van der Waals surface area contributed by atoms with Crippen LogP contribution in [0.4, 0.5) is 0 Å². The highest BCUT2D eigenvalue weighted by molar-refractivity contribution is 6.30. The van der Waals surface area contributed by atoms with Gasteiger partial charge in [-0.15, -0.1) is 0 Å². The fourth-order valence-corrected chi connectivity index (χ4v) is 3.70. The first-order valence-corrected chi connectivity index (χ1v) is 11.2. The van der Waals surface area contributed by atoms with Crippen molar-refractivity contribution in [2.75, 3.05) is 0 Å². The Bertz CT molecular complexity index is 1300. The highest BCUT2D eigenvalue weighted by Gasteiger charge is 2.19. The molecule has 0 aliphatic heterocycles. The molecule has 176 valence electrons. The number of benzene rings is 2. The van der Waals surface area contributed by atoms with Crippen molar-refractivity contribution in [3.8, 4) is 5.75 Å². The van der Waals surface area contributed by atoms with Crippen LogP contribution in [-0.4, -0.2) is 42.6 Å². The number of halogens is 1. The van der Waals surface area contributed by atoms with Crippen molar-refractivity contribution < 1.29 is 19.4 Å². The molecule has 4 rings (SSSR count). The summed E-state index contributed by atoms with van der Waals surface area (Å²) in [7, 11) is 0. The monoisotopic (exact) mass is 481 g/mol. The number of carboxylic acids is 1. The molecule has 0 spiro atoms. The maximum atomic E-state index is 12.8. The van der Waals surface area contributed by atoms with Gasteiger partial charge in [0.2, 0.25) is 0 Å². The Labute approximate surface area is 200 Å². The van der Waals surface area contributed by atoms with Crippen LogP contribution in [0, 0.1) is 0 Å². The summed E-state index contributed by atoms with van der Waals surface area (Å²) in [4.78, 5) is 24.1. The second-order valence-corrected chi connectivity index (χ2v) is 8.16. The van der Waals surface area contributed by atoms with Crippen molar-refractivity contribution in [3.05, 3.63) is 77.2 Å². The Balaban J connectivity index is 1.44. The number of rotatable bonds is 10. The maximum Gasteiger partial charge on any atom is 0.344 e. The molecule has 0 fully saturated rings. The van der Waals surface area contributed by atoms with E-state index in [-0.39, 0.29) is 12.5 Å². The number of fused-ring (bicyclic) bond motifs is 1. The zero-order valence-corrected chi connectivity index (χ0v) is 19.3. The summed E-state index contributed by atoms with van der Waals surface area (Å²) in [6.45, 7) is 3.20. The molecule has 2 N–H and O–H groups in total. The van der Waals surface area contributed by atoms with E-state index in [4.69, 9.17) is 16.3 Å². The number of ether oxygens (including phenoxy) is 1. The van der Waals surface area contributed by atoms with Crippen molar-refractivity contribution in [1.29, 1.82) is 0 Å². The van der Waals surface area contributed by atoms with Crippen LogP contribution in [0.5, 0.6) is 5.75 Å². The van der Waals surface area contributed by atoms with Gasteiger partial charge >= 0.3 is 5.97 Å². The zero-order chi connectivity index (χ0) is 24.1. The van der Waals surface area contributed by atoms with Crippen LogP contribution < -0.4 is 10.1 Å². The first-order valence-electron chi connectivity index (χ1n) is 10.8. The molecule has 2 aromatic carbocycles. The Morgan fingerprint density at radius 3 is 2.74 bits per heavy atom. The average molecular weight is 482 g/mol. The molecule has 34 heavy (non-hydrogen) atoms. The highest BCUT2D eigenvalue weighted by Crippen LogP contribution is 2.25. The third-order valence-corrected chi connectivity index (χ3v) is 5.55. The molecule has 1 amide bonds. The van der Waals surface area contributed by atoms with Gasteiger partial charge in [-0.2, -0.15) is 10.2 Å². The third-order valence-electron chi connectivity index (χ3n) is 5.31. The summed E-state index contributed by atoms with van der Waals surface area (Å²) >= 11 is 6.11. The highest BCUT2D eigenvalue weighted by atomic mass is 35.5. The molecule has 0 bridgehead atoms. The maximum absolute atomic E-state index is 12.8. The van der Waals surface area contributed by atoms with Gasteiger partial charge < -0.3 is 15.2 Å². The molecular formula is C24H24ClN5O4. The van der Waals surface area contributed by atoms with E-state index in [0.29, 0.717) is 46.9 Å². The van der Waals surface area contributed by atoms with Crippen molar-refractivity contribution in [2.24, 2.45) is 0 Å². The topological polar surface area (TPSA) is 111 Å². The van der Waals surface area contributed by atoms with E-state index >= 15 is 0 Å². The number of hydrogen-bond donors (Lipinski definition) is 2. The molecule has 1 unspecified atom stereocenters. The first-order chi connectivity index (χ1) is 16.4. The summed E-state index contributed by atoms with van der Waals surface area (Å²) in [6, 6.07) is 12.1. The second kappa shape index (κ2) is 10.4. The van der Waals surface area contributed by atoms with Crippen molar-refractivity contribution in [2.45, 2.75) is 39.1 Å². The van der Waals surface area contributed by atoms with E-state index < -0.39 is 12.1 Å². The van der Waals surface area contributed by atoms with Crippen LogP contribution in [0.1, 0.15) is 29.3 Å². The Morgan fingerprint density at radius 1 is 1.18 bits per heavy atom. The first kappa shape index (κ1) is 23.3. The van der Waals surface area contributed by atoms with Crippen LogP contribution in [0.3, 0.4) is 0 Å². The van der Waals surface area contributed by atoms with E-state index in [2.05, 4.69) is 15.5 Å². The Hall–Kier alpha value is -3.85. The normalized spacial score (nSPS) is 11.9. The van der Waals surface area contributed by atoms with Crippen LogP contribution in [0.25, 0.3) is 10.9 Å². The number of carbonyl (C=O) groups excluding carboxylic acids is 1. The second-order valence-electron chi connectivity index (χ2n) is 7.72. The lowest BCUT2D eigenvalue weighted by atomic mass is 10.1. The minimum atomic E-state index is -1.05. The molecule has 10 heteroatoms. The Morgan fingerprint density at radius 2 is 2.00 bits per heavy atom. The van der Waals surface area contributed by atoms with Crippen LogP contribution >= 0.6 is 11.6 Å². The average Bonchev–Trinajstić information content (AvgIpc) is 3.49. The number of nitrogens with zero attached hydrogens (tertiary/aromatic N) is 4. The van der Waals surface area contributed by atoms with E-state index in [1.807, 2.05) is 33.9 Å². The van der Waals surface area contributed by atoms with Gasteiger partial charge in [-0.3, -0.25) is 14.2 Å². The largest absolute Gasteiger partial charge is 0.479 e. The van der Waals surface area contributed by atoms with Gasteiger partial charge in [-0.05, 0) is 42.8 Å². The number of hydrogen-bond acceptors (Lipinski definition) is 5. The number of aromatic nitrogens is 4. The Kier molecular flexibility index (Phi) is 7.12. The molecule has 0 radical (unpaired) electrons. The summed E-state index contributed by atoms with van der Waals surface area (Å²) in [5.74, 6) is -0.973. The van der Waals surface area contributed by atoms with Crippen LogP contribution in [-0.2, 0) is 24.4 Å². The fraction of sp³-hybridized carbons (Fsp3) is 0.250. The molecule has 1 atom stereocenters. The number of carboxylic acid groups (broad SMARTS) is 1. The van der Waals surface area contributed by atoms with Crippen molar-refractivity contribution >= 4 is 34.4 Å². The third kappa shape index (κ3) is 5.55. The molecule has 2 aromatic heterocycles. The van der Waals surface area contributed by atoms with Gasteiger partial charge in [-0.25, -0.2) is 4.79 Å². The molecule has 0 saturated heterocycles. The lowest BCUT2D eigenvalue weighted by molar-refractivity contribution is -0.145. The number of nitrogens with one attached hydrogen (secondary N) is 1. The number of amides is 1. The van der Waals surface area contributed by atoms with Gasteiger partial charge in [0.1, 0.15) is 5.75 Å². The standard InChI is InChI=1S/C24H24ClN5O4/c1-2-21(24(32)33)34-22-7-6-19(25)12-18(22)14-26-23(31)16-4-5-17-15-30(28-20(17)13-16)11-10-29-9-3-8-27-29/h3-9,12-13,15,21H,2,10-11,14H2,1H3,(H,26,31)(H,32,33). The fourth-order valence-electron chi connectivity index (χ4n) is 3.50. The van der Waals surface area contributed by atoms with E-state index in [1.54, 1.807) is 43.5 Å². The van der Waals surface area contributed by atoms with Gasteiger partial charge in [0, 0.05) is 46.7 Å². The SMILES string of the molecule is CCC(Oc1ccc(Cl)cc1CNC(=O)c1ccc2cn(CCn3cccn3)nc2c1)C(=O)O. The van der Waals surface area contributed by atoms with Crippen LogP contribution in [0.15, 0.2) is 61.1 Å². The molecule has 2 heterocycles. The molecular weight excluding hydrogens is 458 g/mol. The van der Waals surface area contributed by atoms with Gasteiger partial charge in [0.05, 0.1) is 18.6 Å². The van der Waals surface area contributed by atoms with E-state index in [9.17, 15) is 14.7 Å². The predicted octanol–water partition coefficient (Wildman–Crippen LogP) is 3.76. The lowest BCUT2D eigenvalue weighted by Gasteiger charge is -2.17. The number of carbonyl (C=O) groups is 2. The summed E-state index contributed by atoms with van der Waals surface area (Å²) in [6.07, 6.45) is 4.88. The quantitative estimate of drug-likeness (QED) is 0.357. The molecule has 9 nitrogen and oxygen atoms in total. The van der Waals surface area contributed by atoms with Gasteiger partial charge in [-0.1, -0.05) is 24.6 Å². The zero-order valence-electron chi connectivity index (χ0n) is 18.5. The smallest absolute Gasteiger partial charge is 0.344 e. The van der Waals surface area contributed by atoms with Crippen LogP contribution in [0.2, 0.25) is 5.02 Å². The predicted molar refractivity (Wildman–Crippen MR) is 127 cm³/mol. The molecule has 4 aromatic rings. The van der Waals surface area contributed by atoms with E-state index in [0.717, 1.165) is 5.39 Å². The minimum Gasteiger partial charge on any atom is -0.479 e. The van der Waals surface area contributed by atoms with Crippen molar-refractivity contribution in [1.82, 2.24) is 24.9 Å². The number of aliphatic carboxylic acids is 1. The van der Waals surface area contributed by atoms with Gasteiger partial charge in [0.25, 0.3) is 5.91 Å². The molecule has 0 saturated carbocycles. The molecule has 0 aliphatic rings.